The van der Waals surface area contributed by atoms with E-state index >= 15 is 0 Å². The molecule has 2 heterocycles. The summed E-state index contributed by atoms with van der Waals surface area (Å²) in [4.78, 5) is 14.4. The average molecular weight is 326 g/mol. The van der Waals surface area contributed by atoms with E-state index in [2.05, 4.69) is 0 Å². The number of methoxy groups -OCH3 is 1. The Morgan fingerprint density at radius 2 is 2.00 bits per heavy atom. The molecule has 6 heteroatoms. The van der Waals surface area contributed by atoms with Crippen LogP contribution >= 0.6 is 11.6 Å². The predicted molar refractivity (Wildman–Crippen MR) is 82.2 cm³/mol. The van der Waals surface area contributed by atoms with Crippen molar-refractivity contribution in [2.45, 2.75) is 25.0 Å². The van der Waals surface area contributed by atoms with Crippen molar-refractivity contribution in [1.29, 1.82) is 0 Å². The first kappa shape index (κ1) is 15.6. The van der Waals surface area contributed by atoms with E-state index in [4.69, 9.17) is 25.8 Å². The van der Waals surface area contributed by atoms with Gasteiger partial charge in [0.15, 0.2) is 5.79 Å². The number of rotatable bonds is 3. The van der Waals surface area contributed by atoms with Crippen molar-refractivity contribution in [2.75, 3.05) is 33.4 Å². The highest BCUT2D eigenvalue weighted by molar-refractivity contribution is 6.30. The average Bonchev–Trinajstić information content (AvgIpc) is 2.96. The van der Waals surface area contributed by atoms with Crippen LogP contribution in [0.1, 0.15) is 18.4 Å². The molecule has 3 rings (SSSR count). The van der Waals surface area contributed by atoms with E-state index in [9.17, 15) is 4.79 Å². The third-order valence-corrected chi connectivity index (χ3v) is 4.51. The molecule has 0 aromatic heterocycles. The molecule has 0 aliphatic carbocycles. The summed E-state index contributed by atoms with van der Waals surface area (Å²) in [6, 6.07) is 5.33. The number of halogens is 1. The van der Waals surface area contributed by atoms with Gasteiger partial charge in [0.2, 0.25) is 5.91 Å². The molecule has 0 saturated carbocycles. The van der Waals surface area contributed by atoms with Crippen LogP contribution in [0.25, 0.3) is 0 Å². The number of carbonyl (C=O) groups excluding carboxylic acids is 1. The van der Waals surface area contributed by atoms with Crippen LogP contribution in [0, 0.1) is 0 Å². The van der Waals surface area contributed by atoms with E-state index < -0.39 is 5.79 Å². The lowest BCUT2D eigenvalue weighted by atomic mass is 10.0. The van der Waals surface area contributed by atoms with E-state index in [1.165, 1.54) is 0 Å². The topological polar surface area (TPSA) is 48.0 Å². The number of carbonyl (C=O) groups is 1. The molecule has 2 saturated heterocycles. The number of benzene rings is 1. The molecule has 1 spiro atoms. The Labute approximate surface area is 135 Å². The molecule has 0 unspecified atom stereocenters. The number of ether oxygens (including phenoxy) is 3. The second-order valence-corrected chi connectivity index (χ2v) is 6.06. The van der Waals surface area contributed by atoms with Crippen LogP contribution in [0.15, 0.2) is 18.2 Å². The maximum atomic E-state index is 12.5. The zero-order valence-electron chi connectivity index (χ0n) is 12.6. The molecular weight excluding hydrogens is 306 g/mol. The Morgan fingerprint density at radius 1 is 1.32 bits per heavy atom. The molecule has 2 aliphatic heterocycles. The number of hydrogen-bond acceptors (Lipinski definition) is 4. The van der Waals surface area contributed by atoms with Crippen LogP contribution in [-0.4, -0.2) is 50.0 Å². The van der Waals surface area contributed by atoms with Crippen LogP contribution in [-0.2, 0) is 20.7 Å². The van der Waals surface area contributed by atoms with Crippen molar-refractivity contribution in [3.05, 3.63) is 28.8 Å². The minimum absolute atomic E-state index is 0.0772. The monoisotopic (exact) mass is 325 g/mol. The van der Waals surface area contributed by atoms with Crippen molar-refractivity contribution in [3.63, 3.8) is 0 Å². The van der Waals surface area contributed by atoms with E-state index in [1.807, 2.05) is 4.90 Å². The number of amides is 1. The summed E-state index contributed by atoms with van der Waals surface area (Å²) in [7, 11) is 1.59. The fourth-order valence-corrected chi connectivity index (χ4v) is 3.24. The van der Waals surface area contributed by atoms with Gasteiger partial charge in [-0.2, -0.15) is 0 Å². The fourth-order valence-electron chi connectivity index (χ4n) is 3.04. The van der Waals surface area contributed by atoms with Gasteiger partial charge in [0, 0.05) is 36.5 Å². The summed E-state index contributed by atoms with van der Waals surface area (Å²) in [6.07, 6.45) is 1.75. The van der Waals surface area contributed by atoms with Crippen molar-refractivity contribution < 1.29 is 19.0 Å². The Morgan fingerprint density at radius 3 is 2.64 bits per heavy atom. The minimum atomic E-state index is -0.454. The third-order valence-electron chi connectivity index (χ3n) is 4.28. The van der Waals surface area contributed by atoms with Crippen LogP contribution in [0.5, 0.6) is 5.75 Å². The molecule has 0 atom stereocenters. The predicted octanol–water partition coefficient (Wildman–Crippen LogP) is 2.26. The number of nitrogens with zero attached hydrogens (tertiary/aromatic N) is 1. The molecule has 1 amide bonds. The summed E-state index contributed by atoms with van der Waals surface area (Å²) < 4.78 is 16.7. The van der Waals surface area contributed by atoms with Gasteiger partial charge >= 0.3 is 0 Å². The summed E-state index contributed by atoms with van der Waals surface area (Å²) in [5.74, 6) is 0.312. The molecule has 0 N–H and O–H groups in total. The van der Waals surface area contributed by atoms with E-state index in [-0.39, 0.29) is 5.91 Å². The first-order valence-electron chi connectivity index (χ1n) is 7.50. The zero-order chi connectivity index (χ0) is 15.6. The summed E-state index contributed by atoms with van der Waals surface area (Å²) >= 11 is 6.01. The smallest absolute Gasteiger partial charge is 0.227 e. The second kappa shape index (κ2) is 6.44. The molecule has 5 nitrogen and oxygen atoms in total. The van der Waals surface area contributed by atoms with Crippen molar-refractivity contribution in [3.8, 4) is 5.75 Å². The normalized spacial score (nSPS) is 20.4. The van der Waals surface area contributed by atoms with Crippen molar-refractivity contribution in [2.24, 2.45) is 0 Å². The molecular formula is C16H20ClNO4. The number of hydrogen-bond donors (Lipinski definition) is 0. The first-order chi connectivity index (χ1) is 10.6. The summed E-state index contributed by atoms with van der Waals surface area (Å²) in [6.45, 7) is 2.60. The van der Waals surface area contributed by atoms with Gasteiger partial charge in [-0.05, 0) is 18.2 Å². The molecule has 120 valence electrons. The summed E-state index contributed by atoms with van der Waals surface area (Å²) in [5, 5.41) is 0.606. The van der Waals surface area contributed by atoms with Crippen LogP contribution < -0.4 is 4.74 Å². The summed E-state index contributed by atoms with van der Waals surface area (Å²) in [5.41, 5.74) is 0.814. The highest BCUT2D eigenvalue weighted by atomic mass is 35.5. The lowest BCUT2D eigenvalue weighted by molar-refractivity contribution is -0.187. The van der Waals surface area contributed by atoms with Crippen molar-refractivity contribution >= 4 is 17.5 Å². The Bertz CT molecular complexity index is 547. The van der Waals surface area contributed by atoms with Gasteiger partial charge in [-0.3, -0.25) is 4.79 Å². The van der Waals surface area contributed by atoms with Crippen molar-refractivity contribution in [1.82, 2.24) is 4.90 Å². The minimum Gasteiger partial charge on any atom is -0.496 e. The molecule has 2 aliphatic rings. The van der Waals surface area contributed by atoms with Crippen LogP contribution in [0.3, 0.4) is 0 Å². The number of likely N-dealkylation sites (tertiary alicyclic amines) is 1. The maximum Gasteiger partial charge on any atom is 0.227 e. The van der Waals surface area contributed by atoms with Gasteiger partial charge in [-0.15, -0.1) is 0 Å². The van der Waals surface area contributed by atoms with Gasteiger partial charge in [0.25, 0.3) is 0 Å². The quantitative estimate of drug-likeness (QED) is 0.855. The maximum absolute atomic E-state index is 12.5. The van der Waals surface area contributed by atoms with Gasteiger partial charge < -0.3 is 19.1 Å². The van der Waals surface area contributed by atoms with E-state index in [1.54, 1.807) is 25.3 Å². The highest BCUT2D eigenvalue weighted by Crippen LogP contribution is 2.32. The molecule has 1 aromatic rings. The standard InChI is InChI=1S/C16H20ClNO4/c1-20-14-3-2-13(17)10-12(14)11-15(19)18-6-4-16(5-7-18)21-8-9-22-16/h2-3,10H,4-9,11H2,1H3. The highest BCUT2D eigenvalue weighted by Gasteiger charge is 2.40. The molecule has 0 bridgehead atoms. The SMILES string of the molecule is COc1ccc(Cl)cc1CC(=O)N1CCC2(CC1)OCCO2. The van der Waals surface area contributed by atoms with Gasteiger partial charge in [0.05, 0.1) is 26.7 Å². The zero-order valence-corrected chi connectivity index (χ0v) is 13.4. The van der Waals surface area contributed by atoms with Crippen LogP contribution in [0.2, 0.25) is 5.02 Å². The Balaban J connectivity index is 1.62. The van der Waals surface area contributed by atoms with Gasteiger partial charge in [-0.25, -0.2) is 0 Å². The molecule has 1 aromatic carbocycles. The first-order valence-corrected chi connectivity index (χ1v) is 7.88. The lowest BCUT2D eigenvalue weighted by Gasteiger charge is -2.37. The fraction of sp³-hybridized carbons (Fsp3) is 0.562. The molecule has 22 heavy (non-hydrogen) atoms. The van der Waals surface area contributed by atoms with Gasteiger partial charge in [-0.1, -0.05) is 11.6 Å². The van der Waals surface area contributed by atoms with Crippen LogP contribution in [0.4, 0.5) is 0 Å². The second-order valence-electron chi connectivity index (χ2n) is 5.62. The Hall–Kier alpha value is -1.30. The third kappa shape index (κ3) is 3.21. The number of piperidine rings is 1. The largest absolute Gasteiger partial charge is 0.496 e. The Kier molecular flexibility index (Phi) is 4.57. The lowest BCUT2D eigenvalue weighted by Crippen LogP contribution is -2.47. The molecule has 0 radical (unpaired) electrons. The van der Waals surface area contributed by atoms with Gasteiger partial charge in [0.1, 0.15) is 5.75 Å². The van der Waals surface area contributed by atoms with E-state index in [0.29, 0.717) is 43.5 Å². The van der Waals surface area contributed by atoms with E-state index in [0.717, 1.165) is 18.4 Å². The molecule has 2 fully saturated rings.